The van der Waals surface area contributed by atoms with Crippen molar-refractivity contribution in [2.75, 3.05) is 30.8 Å². The number of anilines is 4. The molecular weight excluding hydrogens is 466 g/mol. The highest BCUT2D eigenvalue weighted by atomic mass is 19.1. The third kappa shape index (κ3) is 4.94. The minimum atomic E-state index is -0.827. The van der Waals surface area contributed by atoms with Gasteiger partial charge < -0.3 is 21.1 Å². The predicted octanol–water partition coefficient (Wildman–Crippen LogP) is 4.43. The van der Waals surface area contributed by atoms with E-state index in [0.717, 1.165) is 45.3 Å². The van der Waals surface area contributed by atoms with Gasteiger partial charge in [-0.3, -0.25) is 9.69 Å². The van der Waals surface area contributed by atoms with Gasteiger partial charge in [0.05, 0.1) is 12.8 Å². The van der Waals surface area contributed by atoms with Gasteiger partial charge in [-0.05, 0) is 73.2 Å². The van der Waals surface area contributed by atoms with E-state index in [4.69, 9.17) is 10.5 Å². The number of fused-ring (bicyclic) bond motifs is 6. The number of aryl methyl sites for hydroxylation is 1. The number of carbonyl (C=O) groups is 1. The molecule has 1 atom stereocenters. The van der Waals surface area contributed by atoms with Crippen molar-refractivity contribution < 1.29 is 18.3 Å². The van der Waals surface area contributed by atoms with Gasteiger partial charge in [-0.15, -0.1) is 0 Å². The van der Waals surface area contributed by atoms with E-state index in [0.29, 0.717) is 23.4 Å². The Labute approximate surface area is 207 Å². The molecule has 0 radical (unpaired) electrons. The molecule has 0 fully saturated rings. The molecule has 8 nitrogen and oxygen atoms in total. The average Bonchev–Trinajstić information content (AvgIpc) is 2.85. The van der Waals surface area contributed by atoms with Crippen molar-refractivity contribution in [1.82, 2.24) is 14.9 Å². The number of amides is 1. The molecule has 0 aliphatic carbocycles. The van der Waals surface area contributed by atoms with E-state index in [1.54, 1.807) is 7.11 Å². The molecule has 10 heteroatoms. The van der Waals surface area contributed by atoms with Crippen LogP contribution in [0.5, 0.6) is 5.75 Å². The minimum Gasteiger partial charge on any atom is -0.495 e. The summed E-state index contributed by atoms with van der Waals surface area (Å²) in [7, 11) is 1.59. The number of carbonyl (C=O) groups excluding carboxylic acids is 1. The first-order chi connectivity index (χ1) is 17.4. The Hall–Kier alpha value is -3.79. The van der Waals surface area contributed by atoms with E-state index < -0.39 is 23.2 Å². The van der Waals surface area contributed by atoms with Gasteiger partial charge in [0.25, 0.3) is 5.91 Å². The Morgan fingerprint density at radius 3 is 2.58 bits per heavy atom. The van der Waals surface area contributed by atoms with E-state index in [-0.39, 0.29) is 17.3 Å². The lowest BCUT2D eigenvalue weighted by atomic mass is 9.98. The molecule has 36 heavy (non-hydrogen) atoms. The molecule has 0 saturated carbocycles. The number of nitrogens with one attached hydrogen (secondary N) is 2. The fraction of sp³-hybridized carbons (Fsp3) is 0.346. The molecule has 2 aromatic carbocycles. The van der Waals surface area contributed by atoms with Crippen molar-refractivity contribution in [2.24, 2.45) is 5.73 Å². The zero-order valence-electron chi connectivity index (χ0n) is 20.0. The van der Waals surface area contributed by atoms with Crippen molar-refractivity contribution in [2.45, 2.75) is 38.6 Å². The second-order valence-electron chi connectivity index (χ2n) is 9.16. The second-order valence-corrected chi connectivity index (χ2v) is 9.16. The average molecular weight is 495 g/mol. The molecule has 3 aliphatic rings. The fourth-order valence-electron chi connectivity index (χ4n) is 4.79. The summed E-state index contributed by atoms with van der Waals surface area (Å²) in [5.41, 5.74) is 8.63. The third-order valence-electron chi connectivity index (χ3n) is 6.70. The SMILES string of the molecule is COc1cc2c3cc1Nc1ncc(C(N)=O)c(n1)Nc1c(F)cc(cc1F)CCCCCN(CC2)C3. The lowest BCUT2D eigenvalue weighted by molar-refractivity contribution is 0.100. The normalized spacial score (nSPS) is 17.4. The molecule has 3 aromatic rings. The first kappa shape index (κ1) is 23.9. The first-order valence-corrected chi connectivity index (χ1v) is 12.0. The van der Waals surface area contributed by atoms with Crippen LogP contribution in [0.4, 0.5) is 31.9 Å². The number of nitrogens with zero attached hydrogens (tertiary/aromatic N) is 3. The standard InChI is InChI=1S/C26H28F2N6O2/c1-36-22-12-16-6-8-34-7-4-2-3-5-15-9-19(27)23(20(28)10-15)32-25-18(24(29)35)13-30-26(33-25)31-21(22)11-17(16)14-34/h9-13H,2-8,14H2,1H3,(H2,29,35)(H2,30,31,32,33). The monoisotopic (exact) mass is 494 g/mol. The van der Waals surface area contributed by atoms with Crippen LogP contribution in [0.2, 0.25) is 0 Å². The highest BCUT2D eigenvalue weighted by molar-refractivity contribution is 5.98. The van der Waals surface area contributed by atoms with Gasteiger partial charge in [0, 0.05) is 19.3 Å². The molecule has 0 spiro atoms. The van der Waals surface area contributed by atoms with E-state index >= 15 is 0 Å². The molecule has 4 heterocycles. The smallest absolute Gasteiger partial charge is 0.254 e. The van der Waals surface area contributed by atoms with Crippen LogP contribution < -0.4 is 21.1 Å². The van der Waals surface area contributed by atoms with Crippen molar-refractivity contribution >= 4 is 29.0 Å². The van der Waals surface area contributed by atoms with Gasteiger partial charge in [-0.1, -0.05) is 6.42 Å². The number of halogens is 2. The lowest BCUT2D eigenvalue weighted by Gasteiger charge is -2.29. The maximum Gasteiger partial charge on any atom is 0.254 e. The summed E-state index contributed by atoms with van der Waals surface area (Å²) in [5.74, 6) is -1.74. The number of benzene rings is 2. The molecule has 1 amide bonds. The van der Waals surface area contributed by atoms with Crippen molar-refractivity contribution in [3.05, 3.63) is 64.4 Å². The van der Waals surface area contributed by atoms with Gasteiger partial charge in [0.15, 0.2) is 0 Å². The maximum atomic E-state index is 14.9. The van der Waals surface area contributed by atoms with Crippen molar-refractivity contribution in [3.63, 3.8) is 0 Å². The van der Waals surface area contributed by atoms with Crippen LogP contribution in [-0.4, -0.2) is 41.0 Å². The number of ether oxygens (including phenoxy) is 1. The zero-order chi connectivity index (χ0) is 25.2. The molecular formula is C26H28F2N6O2. The van der Waals surface area contributed by atoms with E-state index in [2.05, 4.69) is 25.5 Å². The molecule has 1 unspecified atom stereocenters. The summed E-state index contributed by atoms with van der Waals surface area (Å²) in [6, 6.07) is 6.66. The largest absolute Gasteiger partial charge is 0.495 e. The molecule has 6 rings (SSSR count). The summed E-state index contributed by atoms with van der Waals surface area (Å²) >= 11 is 0. The number of hydrogen-bond donors (Lipinski definition) is 3. The lowest BCUT2D eigenvalue weighted by Crippen LogP contribution is -2.31. The highest BCUT2D eigenvalue weighted by Crippen LogP contribution is 2.34. The Morgan fingerprint density at radius 2 is 1.83 bits per heavy atom. The molecule has 1 aromatic heterocycles. The van der Waals surface area contributed by atoms with Gasteiger partial charge in [-0.2, -0.15) is 4.98 Å². The summed E-state index contributed by atoms with van der Waals surface area (Å²) < 4.78 is 35.4. The maximum absolute atomic E-state index is 14.9. The van der Waals surface area contributed by atoms with Crippen LogP contribution in [0.15, 0.2) is 30.5 Å². The fourth-order valence-corrected chi connectivity index (χ4v) is 4.79. The van der Waals surface area contributed by atoms with Gasteiger partial charge in [0.1, 0.15) is 34.5 Å². The van der Waals surface area contributed by atoms with Gasteiger partial charge in [0.2, 0.25) is 5.95 Å². The van der Waals surface area contributed by atoms with Crippen LogP contribution in [0, 0.1) is 11.6 Å². The molecule has 4 N–H and O–H groups in total. The van der Waals surface area contributed by atoms with Gasteiger partial charge >= 0.3 is 0 Å². The Kier molecular flexibility index (Phi) is 6.69. The first-order valence-electron chi connectivity index (χ1n) is 12.0. The van der Waals surface area contributed by atoms with E-state index in [1.165, 1.54) is 29.5 Å². The molecule has 0 saturated heterocycles. The van der Waals surface area contributed by atoms with Crippen molar-refractivity contribution in [1.29, 1.82) is 0 Å². The number of nitrogens with two attached hydrogens (primary N) is 1. The van der Waals surface area contributed by atoms with Crippen LogP contribution in [0.3, 0.4) is 0 Å². The topological polar surface area (TPSA) is 105 Å². The Balaban J connectivity index is 1.58. The zero-order valence-corrected chi connectivity index (χ0v) is 20.0. The summed E-state index contributed by atoms with van der Waals surface area (Å²) in [6.07, 6.45) is 5.53. The van der Waals surface area contributed by atoms with Crippen LogP contribution in [0.1, 0.15) is 46.3 Å². The molecule has 3 aliphatic heterocycles. The van der Waals surface area contributed by atoms with E-state index in [1.807, 2.05) is 12.1 Å². The van der Waals surface area contributed by atoms with Crippen LogP contribution >= 0.6 is 0 Å². The minimum absolute atomic E-state index is 0.0950. The number of primary amides is 1. The summed E-state index contributed by atoms with van der Waals surface area (Å²) in [5, 5.41) is 5.74. The highest BCUT2D eigenvalue weighted by Gasteiger charge is 2.21. The number of hydrogen-bond acceptors (Lipinski definition) is 7. The quantitative estimate of drug-likeness (QED) is 0.484. The Morgan fingerprint density at radius 1 is 1.03 bits per heavy atom. The number of methoxy groups -OCH3 is 1. The summed E-state index contributed by atoms with van der Waals surface area (Å²) in [6.45, 7) is 2.74. The number of aromatic nitrogens is 2. The number of rotatable bonds is 2. The predicted molar refractivity (Wildman–Crippen MR) is 133 cm³/mol. The molecule has 7 bridgehead atoms. The third-order valence-corrected chi connectivity index (χ3v) is 6.70. The Bertz CT molecular complexity index is 1290. The second kappa shape index (κ2) is 10.1. The summed E-state index contributed by atoms with van der Waals surface area (Å²) in [4.78, 5) is 22.9. The van der Waals surface area contributed by atoms with Crippen molar-refractivity contribution in [3.8, 4) is 5.75 Å². The van der Waals surface area contributed by atoms with Gasteiger partial charge in [-0.25, -0.2) is 13.8 Å². The van der Waals surface area contributed by atoms with Crippen LogP contribution in [-0.2, 0) is 19.4 Å². The van der Waals surface area contributed by atoms with E-state index in [9.17, 15) is 13.6 Å². The van der Waals surface area contributed by atoms with Crippen LogP contribution in [0.25, 0.3) is 0 Å². The molecule has 188 valence electrons.